The number of aromatic nitrogens is 1. The Morgan fingerprint density at radius 1 is 1.08 bits per heavy atom. The Balaban J connectivity index is 1.80. The number of allylic oxidation sites excluding steroid dienone is 1. The van der Waals surface area contributed by atoms with Gasteiger partial charge in [-0.3, -0.25) is 4.21 Å². The van der Waals surface area contributed by atoms with Crippen LogP contribution < -0.4 is 0 Å². The molecule has 2 nitrogen and oxygen atoms in total. The van der Waals surface area contributed by atoms with Crippen molar-refractivity contribution in [3.63, 3.8) is 0 Å². The Hall–Kier alpha value is -1.40. The molecule has 0 bridgehead atoms. The second-order valence-electron chi connectivity index (χ2n) is 6.18. The van der Waals surface area contributed by atoms with Gasteiger partial charge in [0.05, 0.1) is 10.8 Å². The summed E-state index contributed by atoms with van der Waals surface area (Å²) >= 11 is 2.43. The van der Waals surface area contributed by atoms with Crippen molar-refractivity contribution < 1.29 is 4.21 Å². The summed E-state index contributed by atoms with van der Waals surface area (Å²) in [6.07, 6.45) is 4.37. The lowest BCUT2D eigenvalue weighted by atomic mass is 10.0. The monoisotopic (exact) mass is 447 g/mol. The lowest BCUT2D eigenvalue weighted by Gasteiger charge is -2.14. The van der Waals surface area contributed by atoms with Crippen molar-refractivity contribution in [3.8, 4) is 0 Å². The van der Waals surface area contributed by atoms with Crippen molar-refractivity contribution in [2.75, 3.05) is 0 Å². The maximum absolute atomic E-state index is 12.9. The van der Waals surface area contributed by atoms with Crippen LogP contribution in [-0.2, 0) is 23.1 Å². The molecule has 4 heteroatoms. The highest BCUT2D eigenvalue weighted by Crippen LogP contribution is 2.35. The van der Waals surface area contributed by atoms with Crippen LogP contribution in [0.25, 0.3) is 17.0 Å². The van der Waals surface area contributed by atoms with Crippen LogP contribution in [-0.4, -0.2) is 8.78 Å². The summed E-state index contributed by atoms with van der Waals surface area (Å²) in [6.45, 7) is 2.05. The number of fused-ring (bicyclic) bond motifs is 3. The van der Waals surface area contributed by atoms with Gasteiger partial charge in [-0.15, -0.1) is 0 Å². The molecule has 0 aliphatic heterocycles. The molecule has 0 spiro atoms. The molecule has 4 rings (SSSR count). The Labute approximate surface area is 158 Å². The number of para-hydroxylation sites is 1. The average molecular weight is 447 g/mol. The van der Waals surface area contributed by atoms with Gasteiger partial charge < -0.3 is 4.57 Å². The van der Waals surface area contributed by atoms with Crippen molar-refractivity contribution >= 4 is 50.4 Å². The molecule has 1 unspecified atom stereocenters. The number of aryl methyl sites for hydroxylation is 1. The van der Waals surface area contributed by atoms with E-state index in [4.69, 9.17) is 0 Å². The predicted molar refractivity (Wildman–Crippen MR) is 110 cm³/mol. The quantitative estimate of drug-likeness (QED) is 0.491. The molecule has 1 heterocycles. The Morgan fingerprint density at radius 2 is 1.83 bits per heavy atom. The lowest BCUT2D eigenvalue weighted by molar-refractivity contribution is 0.670. The lowest BCUT2D eigenvalue weighted by Crippen LogP contribution is -2.10. The van der Waals surface area contributed by atoms with Crippen molar-refractivity contribution in [2.24, 2.45) is 0 Å². The zero-order valence-corrected chi connectivity index (χ0v) is 16.4. The Kier molecular flexibility index (Phi) is 4.35. The summed E-state index contributed by atoms with van der Waals surface area (Å²) in [5.74, 6) is 0.517. The molecule has 0 fully saturated rings. The van der Waals surface area contributed by atoms with Crippen LogP contribution in [0.3, 0.4) is 0 Å². The van der Waals surface area contributed by atoms with E-state index in [9.17, 15) is 4.21 Å². The third-order valence-corrected chi connectivity index (χ3v) is 6.69. The zero-order valence-electron chi connectivity index (χ0n) is 13.5. The molecular weight excluding hydrogens is 429 g/mol. The van der Waals surface area contributed by atoms with Gasteiger partial charge >= 0.3 is 0 Å². The van der Waals surface area contributed by atoms with E-state index in [2.05, 4.69) is 64.4 Å². The van der Waals surface area contributed by atoms with Crippen LogP contribution in [0.1, 0.15) is 23.2 Å². The first-order valence-electron chi connectivity index (χ1n) is 8.05. The SMILES string of the molecule is Cc1ccc(S(=O)Cn2c3c(c4ccccc42)C=C(I)CC3)cc1. The largest absolute Gasteiger partial charge is 0.331 e. The first-order valence-corrected chi connectivity index (χ1v) is 10.4. The second kappa shape index (κ2) is 6.48. The van der Waals surface area contributed by atoms with Crippen molar-refractivity contribution in [1.82, 2.24) is 4.57 Å². The molecule has 0 radical (unpaired) electrons. The molecule has 0 amide bonds. The van der Waals surface area contributed by atoms with E-state index >= 15 is 0 Å². The van der Waals surface area contributed by atoms with Crippen LogP contribution >= 0.6 is 22.6 Å². The van der Waals surface area contributed by atoms with E-state index in [-0.39, 0.29) is 0 Å². The topological polar surface area (TPSA) is 22.0 Å². The number of hydrogen-bond donors (Lipinski definition) is 0. The Morgan fingerprint density at radius 3 is 2.62 bits per heavy atom. The van der Waals surface area contributed by atoms with E-state index in [1.165, 1.54) is 31.3 Å². The first-order chi connectivity index (χ1) is 11.6. The molecule has 1 aromatic heterocycles. The van der Waals surface area contributed by atoms with E-state index in [1.54, 1.807) is 0 Å². The fourth-order valence-corrected chi connectivity index (χ4v) is 5.01. The molecule has 2 aromatic carbocycles. The first kappa shape index (κ1) is 16.1. The Bertz CT molecular complexity index is 969. The maximum Gasteiger partial charge on any atom is 0.103 e. The fraction of sp³-hybridized carbons (Fsp3) is 0.200. The number of hydrogen-bond acceptors (Lipinski definition) is 1. The molecule has 122 valence electrons. The van der Waals surface area contributed by atoms with Crippen LogP contribution in [0, 0.1) is 6.92 Å². The number of nitrogens with zero attached hydrogens (tertiary/aromatic N) is 1. The van der Waals surface area contributed by atoms with Gasteiger partial charge in [-0.25, -0.2) is 0 Å². The van der Waals surface area contributed by atoms with E-state index < -0.39 is 10.8 Å². The van der Waals surface area contributed by atoms with Crippen LogP contribution in [0.4, 0.5) is 0 Å². The smallest absolute Gasteiger partial charge is 0.103 e. The predicted octanol–water partition coefficient (Wildman–Crippen LogP) is 5.44. The zero-order chi connectivity index (χ0) is 16.7. The molecule has 0 N–H and O–H groups in total. The minimum atomic E-state index is -1.04. The van der Waals surface area contributed by atoms with Crippen LogP contribution in [0.2, 0.25) is 0 Å². The third kappa shape index (κ3) is 2.86. The van der Waals surface area contributed by atoms with Crippen molar-refractivity contribution in [2.45, 2.75) is 30.5 Å². The maximum atomic E-state index is 12.9. The summed E-state index contributed by atoms with van der Waals surface area (Å²) in [5, 5.41) is 1.27. The normalized spacial score (nSPS) is 15.2. The average Bonchev–Trinajstić information content (AvgIpc) is 2.89. The van der Waals surface area contributed by atoms with Crippen LogP contribution in [0.15, 0.2) is 57.0 Å². The van der Waals surface area contributed by atoms with Gasteiger partial charge in [0, 0.05) is 27.1 Å². The minimum absolute atomic E-state index is 0.517. The van der Waals surface area contributed by atoms with Crippen molar-refractivity contribution in [1.29, 1.82) is 0 Å². The second-order valence-corrected chi connectivity index (χ2v) is 8.99. The molecule has 1 aliphatic carbocycles. The molecule has 3 aromatic rings. The van der Waals surface area contributed by atoms with Gasteiger partial charge in [0.25, 0.3) is 0 Å². The van der Waals surface area contributed by atoms with E-state index in [1.807, 2.05) is 24.3 Å². The highest BCUT2D eigenvalue weighted by atomic mass is 127. The standard InChI is InChI=1S/C20H18INOS/c1-14-6-9-16(10-7-14)24(23)13-22-19-5-3-2-4-17(19)18-12-15(21)8-11-20(18)22/h2-7,9-10,12H,8,11,13H2,1H3. The van der Waals surface area contributed by atoms with Gasteiger partial charge in [-0.05, 0) is 70.2 Å². The van der Waals surface area contributed by atoms with Gasteiger partial charge in [-0.2, -0.15) is 0 Å². The van der Waals surface area contributed by atoms with Crippen molar-refractivity contribution in [3.05, 3.63) is 68.9 Å². The van der Waals surface area contributed by atoms with Gasteiger partial charge in [0.2, 0.25) is 0 Å². The third-order valence-electron chi connectivity index (χ3n) is 4.55. The van der Waals surface area contributed by atoms with E-state index in [0.717, 1.165) is 17.7 Å². The van der Waals surface area contributed by atoms with Crippen LogP contribution in [0.5, 0.6) is 0 Å². The summed E-state index contributed by atoms with van der Waals surface area (Å²) < 4.78 is 16.5. The number of benzene rings is 2. The molecule has 0 saturated carbocycles. The van der Waals surface area contributed by atoms with E-state index in [0.29, 0.717) is 5.88 Å². The molecule has 24 heavy (non-hydrogen) atoms. The van der Waals surface area contributed by atoms with Gasteiger partial charge in [-0.1, -0.05) is 35.9 Å². The summed E-state index contributed by atoms with van der Waals surface area (Å²) in [7, 11) is -1.04. The summed E-state index contributed by atoms with van der Waals surface area (Å²) in [4.78, 5) is 0.896. The highest BCUT2D eigenvalue weighted by Gasteiger charge is 2.20. The molecular formula is C20H18INOS. The molecule has 0 saturated heterocycles. The molecule has 1 atom stereocenters. The summed E-state index contributed by atoms with van der Waals surface area (Å²) in [6, 6.07) is 16.5. The minimum Gasteiger partial charge on any atom is -0.331 e. The highest BCUT2D eigenvalue weighted by molar-refractivity contribution is 14.1. The van der Waals surface area contributed by atoms with Gasteiger partial charge in [0.1, 0.15) is 5.88 Å². The van der Waals surface area contributed by atoms with Gasteiger partial charge in [0.15, 0.2) is 0 Å². The summed E-state index contributed by atoms with van der Waals surface area (Å²) in [5.41, 5.74) is 5.00. The number of rotatable bonds is 3. The number of halogens is 1. The molecule has 1 aliphatic rings. The fourth-order valence-electron chi connectivity index (χ4n) is 3.31.